The molecule has 0 aliphatic carbocycles. The molecule has 128 heavy (non-hydrogen) atoms. The molecule has 700 valence electrons. The minimum Gasteiger partial charge on any atom is -0.508 e. The smallest absolute Gasteiger partial charge is 0.245 e. The van der Waals surface area contributed by atoms with Gasteiger partial charge in [0.25, 0.3) is 0 Å². The number of β-amino-alcohol motifs (C(OH)–C–C–N with tert-alkyl or cyclic N) is 1. The number of aromatic nitrogens is 2. The largest absolute Gasteiger partial charge is 0.508 e. The number of H-pyrrole nitrogens is 2. The second-order valence-corrected chi connectivity index (χ2v) is 34.1. The highest BCUT2D eigenvalue weighted by molar-refractivity contribution is 8.00. The third kappa shape index (κ3) is 30.0. The number of nitrogens with zero attached hydrogens (tertiary/aromatic N) is 4. The molecule has 3 aromatic carbocycles. The van der Waals surface area contributed by atoms with Gasteiger partial charge in [0.05, 0.1) is 44.1 Å². The van der Waals surface area contributed by atoms with Gasteiger partial charge < -0.3 is 131 Å². The number of nitrogens with one attached hydrogen (secondary N) is 14. The summed E-state index contributed by atoms with van der Waals surface area (Å²) in [6, 6.07) is 0.893. The first-order chi connectivity index (χ1) is 60.9. The predicted octanol–water partition coefficient (Wildman–Crippen LogP) is -4.61. The molecule has 2 aliphatic heterocycles. The zero-order valence-corrected chi connectivity index (χ0v) is 74.4. The van der Waals surface area contributed by atoms with Crippen LogP contribution in [0.4, 0.5) is 0 Å². The Morgan fingerprint density at radius 1 is 0.586 bits per heavy atom. The highest BCUT2D eigenvalue weighted by Crippen LogP contribution is 2.27. The summed E-state index contributed by atoms with van der Waals surface area (Å²) in [4.78, 5) is 236. The maximum atomic E-state index is 15.7. The Kier molecular flexibility index (Phi) is 40.6. The van der Waals surface area contributed by atoms with Gasteiger partial charge in [0.1, 0.15) is 78.3 Å². The Morgan fingerprint density at radius 3 is 1.72 bits per heavy atom. The number of carbonyl (C=O) groups excluding carboxylic acids is 16. The van der Waals surface area contributed by atoms with Crippen LogP contribution in [-0.4, -0.2) is 319 Å². The zero-order chi connectivity index (χ0) is 94.2. The number of nitrogens with two attached hydrogens (primary N) is 4. The standard InChI is InChI=1S/C84H122N22O20S2/c1-8-9-21-64(77(120)96-56(20-14-28-91-84(88)89)73(116)102-63(72(115)94-39-69(87)112)43-128-44-70(113)95-57(71(114)90-4)32-46-23-25-49(109)26-24-46)103(5)83(126)66(27-30-127-7)104(6)81(124)60(34-48-38-93-55-19-13-11-17-52(48)55)99-75(118)61(41-107)100-74(117)58(33-47-37-92-54-18-12-10-16-51(47)54)97-79(122)67-35-50(110)40-106(67)82(125)59(31-45(2)3)98-76(119)62(42-108)101-78(121)65-22-15-29-105(65)80(123)53(85)36-68(86)111/h10-13,16-19,23-26,37-38,45,50,53,56-67,92-93,107-110H,8-9,14-15,20-22,27-36,39-44,85H2,1-7H3,(H2,86,111)(H2,87,112)(H,90,114)(H,94,115)(H,95,113)(H,96,120)(H,97,122)(H,98,119)(H,99,118)(H,100,117)(H,101,121)(H,102,116)(H4,88,89,91)/t50-,53+,56+,57+,58+,59+,60+,61+,62+,63?,64+,65+,66+,67+/m1/s1. The lowest BCUT2D eigenvalue weighted by atomic mass is 10.0. The molecule has 42 nitrogen and oxygen atoms in total. The number of rotatable bonds is 51. The summed E-state index contributed by atoms with van der Waals surface area (Å²) in [7, 11) is 4.06. The summed E-state index contributed by atoms with van der Waals surface area (Å²) in [6.07, 6.45) is 3.35. The first-order valence-electron chi connectivity index (χ1n) is 42.2. The van der Waals surface area contributed by atoms with Gasteiger partial charge in [0, 0.05) is 106 Å². The van der Waals surface area contributed by atoms with Crippen LogP contribution in [0.25, 0.3) is 21.8 Å². The van der Waals surface area contributed by atoms with Gasteiger partial charge in [-0.3, -0.25) is 82.1 Å². The van der Waals surface area contributed by atoms with Gasteiger partial charge in [-0.1, -0.05) is 82.1 Å². The van der Waals surface area contributed by atoms with Gasteiger partial charge in [0.2, 0.25) is 94.5 Å². The molecule has 44 heteroatoms. The number of unbranched alkanes of at least 4 members (excludes halogenated alkanes) is 1. The Bertz CT molecular complexity index is 4730. The first-order valence-corrected chi connectivity index (χ1v) is 44.8. The molecule has 0 spiro atoms. The number of hydrogen-bond donors (Lipinski definition) is 22. The molecule has 0 saturated carbocycles. The highest BCUT2D eigenvalue weighted by Gasteiger charge is 2.46. The van der Waals surface area contributed by atoms with E-state index in [1.807, 2.05) is 6.92 Å². The number of fused-ring (bicyclic) bond motifs is 2. The molecule has 1 unspecified atom stereocenters. The van der Waals surface area contributed by atoms with Crippen molar-refractivity contribution in [3.8, 4) is 5.75 Å². The second-order valence-electron chi connectivity index (χ2n) is 32.1. The monoisotopic (exact) mass is 1820 g/mol. The molecule has 0 radical (unpaired) electrons. The third-order valence-corrected chi connectivity index (χ3v) is 23.6. The van der Waals surface area contributed by atoms with Crippen molar-refractivity contribution < 1.29 is 97.1 Å². The molecule has 16 amide bonds. The Balaban J connectivity index is 1.12. The molecule has 0 bridgehead atoms. The molecule has 26 N–H and O–H groups in total. The van der Waals surface area contributed by atoms with Crippen LogP contribution in [0.3, 0.4) is 0 Å². The topological polar surface area (TPSA) is 659 Å². The fourth-order valence-electron chi connectivity index (χ4n) is 15.2. The lowest BCUT2D eigenvalue weighted by Gasteiger charge is -2.36. The van der Waals surface area contributed by atoms with Gasteiger partial charge in [-0.15, -0.1) is 11.8 Å². The van der Waals surface area contributed by atoms with Crippen molar-refractivity contribution in [3.63, 3.8) is 0 Å². The molecule has 2 fully saturated rings. The second kappa shape index (κ2) is 50.4. The molecule has 2 aliphatic rings. The lowest BCUT2D eigenvalue weighted by molar-refractivity contribution is -0.149. The van der Waals surface area contributed by atoms with E-state index in [-0.39, 0.29) is 106 Å². The number of guanidine groups is 1. The number of phenols is 1. The molecule has 4 heterocycles. The van der Waals surface area contributed by atoms with Crippen LogP contribution in [0.5, 0.6) is 5.75 Å². The number of likely N-dealkylation sites (tertiary alicyclic amines) is 2. The van der Waals surface area contributed by atoms with E-state index in [1.54, 1.807) is 93.2 Å². The molecule has 2 saturated heterocycles. The van der Waals surface area contributed by atoms with E-state index in [0.717, 1.165) is 31.4 Å². The van der Waals surface area contributed by atoms with Gasteiger partial charge in [-0.25, -0.2) is 0 Å². The summed E-state index contributed by atoms with van der Waals surface area (Å²) in [6.45, 7) is 2.22. The van der Waals surface area contributed by atoms with Crippen LogP contribution in [0.15, 0.2) is 85.2 Å². The average Bonchev–Trinajstić information content (AvgIpc) is 1.13. The van der Waals surface area contributed by atoms with E-state index in [1.165, 1.54) is 45.0 Å². The van der Waals surface area contributed by atoms with Crippen LogP contribution in [-0.2, 0) is 96.0 Å². The van der Waals surface area contributed by atoms with Crippen LogP contribution in [0, 0.1) is 11.3 Å². The predicted molar refractivity (Wildman–Crippen MR) is 476 cm³/mol. The van der Waals surface area contributed by atoms with Gasteiger partial charge in [-0.2, -0.15) is 11.8 Å². The summed E-state index contributed by atoms with van der Waals surface area (Å²) in [5.74, 6) is -15.1. The summed E-state index contributed by atoms with van der Waals surface area (Å²) < 4.78 is 0. The fraction of sp³-hybridized carbons (Fsp3) is 0.536. The number of hydrogen-bond acceptors (Lipinski definition) is 24. The summed E-state index contributed by atoms with van der Waals surface area (Å²) in [5, 5.41) is 80.2. The van der Waals surface area contributed by atoms with Crippen molar-refractivity contribution in [1.82, 2.24) is 88.1 Å². The normalized spacial score (nSPS) is 16.8. The molecule has 5 aromatic rings. The number of aromatic hydroxyl groups is 1. The van der Waals surface area contributed by atoms with Crippen molar-refractivity contribution in [1.29, 1.82) is 5.41 Å². The molecule has 2 aromatic heterocycles. The van der Waals surface area contributed by atoms with Crippen molar-refractivity contribution in [2.45, 2.75) is 195 Å². The number of thioether (sulfide) groups is 2. The van der Waals surface area contributed by atoms with Crippen LogP contribution < -0.4 is 81.4 Å². The summed E-state index contributed by atoms with van der Waals surface area (Å²) >= 11 is 2.20. The Morgan fingerprint density at radius 2 is 1.13 bits per heavy atom. The van der Waals surface area contributed by atoms with Crippen molar-refractivity contribution in [2.75, 3.05) is 84.1 Å². The SMILES string of the molecule is CCCC[C@@H](C(=O)N[C@@H](CCCNC(=N)N)C(=O)NC(CSCC(=O)N[C@@H](Cc1ccc(O)cc1)C(=O)NC)C(=O)NCC(N)=O)N(C)C(=O)[C@H](CCSC)N(C)C(=O)[C@H](Cc1c[nH]c2ccccc12)NC(=O)[C@H](CO)NC(=O)[C@H](Cc1c[nH]c2ccccc12)NC(=O)[C@@H]1C[C@@H](O)CN1C(=O)[C@H](CC(C)C)NC(=O)[C@H](CO)NC(=O)[C@@H]1CCCN1C(=O)[C@@H](N)CC(N)=O. The number of likely N-dealkylation sites (N-methyl/N-ethyl adjacent to an activating group) is 3. The number of aliphatic hydroxyl groups is 3. The quantitative estimate of drug-likeness (QED) is 0.00989. The van der Waals surface area contributed by atoms with Crippen molar-refractivity contribution >= 4 is 146 Å². The number of primary amides is 2. The van der Waals surface area contributed by atoms with E-state index < -0.39 is 218 Å². The van der Waals surface area contributed by atoms with E-state index in [2.05, 4.69) is 68.5 Å². The number of aromatic amines is 2. The Hall–Kier alpha value is -12.1. The van der Waals surface area contributed by atoms with Crippen LogP contribution in [0.1, 0.15) is 108 Å². The molecule has 7 rings (SSSR count). The van der Waals surface area contributed by atoms with Gasteiger partial charge in [-0.05, 0) is 104 Å². The number of para-hydroxylation sites is 2. The molecular formula is C84H122N22O20S2. The lowest BCUT2D eigenvalue weighted by Crippen LogP contribution is -2.62. The number of aliphatic hydroxyl groups excluding tert-OH is 3. The van der Waals surface area contributed by atoms with Gasteiger partial charge >= 0.3 is 0 Å². The van der Waals surface area contributed by atoms with E-state index >= 15 is 28.8 Å². The average molecular weight is 1820 g/mol. The van der Waals surface area contributed by atoms with Crippen LogP contribution >= 0.6 is 23.5 Å². The first kappa shape index (κ1) is 103. The maximum Gasteiger partial charge on any atom is 0.245 e. The molecule has 14 atom stereocenters. The zero-order valence-electron chi connectivity index (χ0n) is 72.7. The van der Waals surface area contributed by atoms with Crippen molar-refractivity contribution in [2.24, 2.45) is 28.9 Å². The van der Waals surface area contributed by atoms with Gasteiger partial charge in [0.15, 0.2) is 5.96 Å². The number of phenolic OH excluding ortho intramolecular Hbond substituents is 1. The maximum absolute atomic E-state index is 15.7. The minimum absolute atomic E-state index is 0.00136. The van der Waals surface area contributed by atoms with E-state index in [0.29, 0.717) is 57.8 Å². The van der Waals surface area contributed by atoms with Crippen LogP contribution in [0.2, 0.25) is 0 Å². The van der Waals surface area contributed by atoms with E-state index in [4.69, 9.17) is 28.3 Å². The number of carbonyl (C=O) groups is 16. The molecular weight excluding hydrogens is 1700 g/mol. The van der Waals surface area contributed by atoms with E-state index in [9.17, 15) is 68.4 Å². The number of benzene rings is 3. The van der Waals surface area contributed by atoms with Crippen molar-refractivity contribution in [3.05, 3.63) is 102 Å². The summed E-state index contributed by atoms with van der Waals surface area (Å²) in [5.41, 5.74) is 25.0. The number of amides is 16. The third-order valence-electron chi connectivity index (χ3n) is 22.0. The Labute approximate surface area is 748 Å². The minimum atomic E-state index is -1.89. The fourth-order valence-corrected chi connectivity index (χ4v) is 16.5. The highest BCUT2D eigenvalue weighted by atomic mass is 32.2.